The van der Waals surface area contributed by atoms with Gasteiger partial charge in [-0.25, -0.2) is 0 Å². The van der Waals surface area contributed by atoms with Gasteiger partial charge in [0.1, 0.15) is 5.75 Å². The molecule has 4 nitrogen and oxygen atoms in total. The van der Waals surface area contributed by atoms with Gasteiger partial charge in [0.25, 0.3) is 0 Å². The molecule has 1 fully saturated rings. The molecule has 6 heteroatoms. The van der Waals surface area contributed by atoms with Gasteiger partial charge in [-0.2, -0.15) is 0 Å². The molecule has 1 aliphatic heterocycles. The summed E-state index contributed by atoms with van der Waals surface area (Å²) in [6.07, 6.45) is 2.70. The number of ether oxygens (including phenoxy) is 1. The zero-order valence-electron chi connectivity index (χ0n) is 12.2. The van der Waals surface area contributed by atoms with Crippen LogP contribution in [0.3, 0.4) is 0 Å². The fraction of sp³-hybridized carbons (Fsp3) is 0.533. The Morgan fingerprint density at radius 3 is 3.00 bits per heavy atom. The summed E-state index contributed by atoms with van der Waals surface area (Å²) < 4.78 is 5.26. The predicted molar refractivity (Wildman–Crippen MR) is 87.3 cm³/mol. The third-order valence-electron chi connectivity index (χ3n) is 3.66. The molecule has 1 aromatic rings. The topological polar surface area (TPSA) is 50.4 Å². The summed E-state index contributed by atoms with van der Waals surface area (Å²) in [5.74, 6) is 1.47. The molecule has 1 atom stereocenters. The van der Waals surface area contributed by atoms with Crippen molar-refractivity contribution < 1.29 is 9.53 Å². The summed E-state index contributed by atoms with van der Waals surface area (Å²) in [5, 5.41) is 6.88. The molecule has 1 aliphatic rings. The lowest BCUT2D eigenvalue weighted by Crippen LogP contribution is -2.23. The number of amides is 1. The molecule has 0 radical (unpaired) electrons. The summed E-state index contributed by atoms with van der Waals surface area (Å²) in [5.41, 5.74) is 0.899. The zero-order chi connectivity index (χ0) is 14.4. The monoisotopic (exact) mass is 332 g/mol. The minimum Gasteiger partial charge on any atom is -0.496 e. The molecule has 1 unspecified atom stereocenters. The number of hydrogen-bond acceptors (Lipinski definition) is 3. The number of methoxy groups -OCH3 is 1. The standard InChI is InChI=1S/C15H21ClN2O2.ClH/c1-20-14-4-3-13(16)8-12(14)10-18-15(19)5-2-11-6-7-17-9-11;/h3-4,8,11,17H,2,5-7,9-10H2,1H3,(H,18,19);1H. The third kappa shape index (κ3) is 5.73. The van der Waals surface area contributed by atoms with Crippen molar-refractivity contribution in [2.24, 2.45) is 5.92 Å². The third-order valence-corrected chi connectivity index (χ3v) is 3.90. The quantitative estimate of drug-likeness (QED) is 0.842. The van der Waals surface area contributed by atoms with Gasteiger partial charge in [-0.1, -0.05) is 11.6 Å². The summed E-state index contributed by atoms with van der Waals surface area (Å²) in [7, 11) is 1.61. The van der Waals surface area contributed by atoms with Gasteiger partial charge >= 0.3 is 0 Å². The van der Waals surface area contributed by atoms with Crippen LogP contribution in [0, 0.1) is 5.92 Å². The summed E-state index contributed by atoms with van der Waals surface area (Å²) in [4.78, 5) is 11.9. The molecule has 0 aliphatic carbocycles. The molecule has 0 spiro atoms. The number of carbonyl (C=O) groups is 1. The van der Waals surface area contributed by atoms with Gasteiger partial charge in [-0.05, 0) is 50.0 Å². The Labute approximate surface area is 137 Å². The molecule has 118 valence electrons. The van der Waals surface area contributed by atoms with E-state index in [0.29, 0.717) is 23.9 Å². The largest absolute Gasteiger partial charge is 0.496 e. The number of halogens is 2. The van der Waals surface area contributed by atoms with Crippen molar-refractivity contribution in [2.75, 3.05) is 20.2 Å². The Hall–Kier alpha value is -0.970. The Bertz CT molecular complexity index is 463. The normalized spacial score (nSPS) is 17.1. The molecule has 0 aromatic heterocycles. The van der Waals surface area contributed by atoms with E-state index in [1.807, 2.05) is 12.1 Å². The SMILES string of the molecule is COc1ccc(Cl)cc1CNC(=O)CCC1CCNC1.Cl. The maximum atomic E-state index is 11.9. The smallest absolute Gasteiger partial charge is 0.220 e. The summed E-state index contributed by atoms with van der Waals surface area (Å²) >= 11 is 5.96. The predicted octanol–water partition coefficient (Wildman–Crippen LogP) is 2.78. The minimum absolute atomic E-state index is 0. The average Bonchev–Trinajstić information content (AvgIpc) is 2.96. The molecule has 1 amide bonds. The molecule has 0 saturated carbocycles. The van der Waals surface area contributed by atoms with Crippen molar-refractivity contribution in [3.63, 3.8) is 0 Å². The van der Waals surface area contributed by atoms with Gasteiger partial charge in [0, 0.05) is 23.6 Å². The molecule has 2 rings (SSSR count). The van der Waals surface area contributed by atoms with Gasteiger partial charge < -0.3 is 15.4 Å². The second-order valence-electron chi connectivity index (χ2n) is 5.13. The highest BCUT2D eigenvalue weighted by molar-refractivity contribution is 6.30. The lowest BCUT2D eigenvalue weighted by Gasteiger charge is -2.11. The van der Waals surface area contributed by atoms with Crippen LogP contribution in [0.4, 0.5) is 0 Å². The number of hydrogen-bond donors (Lipinski definition) is 2. The van der Waals surface area contributed by atoms with E-state index in [4.69, 9.17) is 16.3 Å². The van der Waals surface area contributed by atoms with Gasteiger partial charge in [-0.3, -0.25) is 4.79 Å². The Kier molecular flexibility index (Phi) is 7.86. The lowest BCUT2D eigenvalue weighted by atomic mass is 10.0. The van der Waals surface area contributed by atoms with Crippen LogP contribution >= 0.6 is 24.0 Å². The van der Waals surface area contributed by atoms with E-state index in [-0.39, 0.29) is 18.3 Å². The van der Waals surface area contributed by atoms with Crippen molar-refractivity contribution in [1.82, 2.24) is 10.6 Å². The molecule has 0 bridgehead atoms. The van der Waals surface area contributed by atoms with E-state index in [0.717, 1.165) is 30.8 Å². The molecule has 1 aromatic carbocycles. The minimum atomic E-state index is 0. The van der Waals surface area contributed by atoms with Crippen LogP contribution in [0.1, 0.15) is 24.8 Å². The Balaban J connectivity index is 0.00000220. The molecule has 2 N–H and O–H groups in total. The summed E-state index contributed by atoms with van der Waals surface area (Å²) in [6, 6.07) is 5.41. The van der Waals surface area contributed by atoms with Gasteiger partial charge in [0.15, 0.2) is 0 Å². The van der Waals surface area contributed by atoms with E-state index in [1.54, 1.807) is 13.2 Å². The van der Waals surface area contributed by atoms with Gasteiger partial charge in [0.05, 0.1) is 7.11 Å². The van der Waals surface area contributed by atoms with Crippen LogP contribution in [0.15, 0.2) is 18.2 Å². The van der Waals surface area contributed by atoms with E-state index in [9.17, 15) is 4.79 Å². The van der Waals surface area contributed by atoms with E-state index in [2.05, 4.69) is 10.6 Å². The number of benzene rings is 1. The van der Waals surface area contributed by atoms with Crippen molar-refractivity contribution in [3.8, 4) is 5.75 Å². The number of nitrogens with one attached hydrogen (secondary N) is 2. The van der Waals surface area contributed by atoms with Gasteiger partial charge in [-0.15, -0.1) is 12.4 Å². The van der Waals surface area contributed by atoms with Crippen LogP contribution in [0.2, 0.25) is 5.02 Å². The van der Waals surface area contributed by atoms with Gasteiger partial charge in [0.2, 0.25) is 5.91 Å². The highest BCUT2D eigenvalue weighted by atomic mass is 35.5. The van der Waals surface area contributed by atoms with Crippen molar-refractivity contribution in [2.45, 2.75) is 25.8 Å². The van der Waals surface area contributed by atoms with E-state index in [1.165, 1.54) is 6.42 Å². The van der Waals surface area contributed by atoms with Crippen molar-refractivity contribution >= 4 is 29.9 Å². The second-order valence-corrected chi connectivity index (χ2v) is 5.57. The lowest BCUT2D eigenvalue weighted by molar-refractivity contribution is -0.121. The fourth-order valence-electron chi connectivity index (χ4n) is 2.46. The van der Waals surface area contributed by atoms with E-state index < -0.39 is 0 Å². The van der Waals surface area contributed by atoms with Crippen LogP contribution < -0.4 is 15.4 Å². The average molecular weight is 333 g/mol. The number of carbonyl (C=O) groups excluding carboxylic acids is 1. The van der Waals surface area contributed by atoms with Crippen molar-refractivity contribution in [3.05, 3.63) is 28.8 Å². The molecule has 1 heterocycles. The van der Waals surface area contributed by atoms with Crippen LogP contribution in [-0.2, 0) is 11.3 Å². The Morgan fingerprint density at radius 1 is 1.52 bits per heavy atom. The fourth-order valence-corrected chi connectivity index (χ4v) is 2.66. The number of rotatable bonds is 6. The first-order chi connectivity index (χ1) is 9.69. The first-order valence-electron chi connectivity index (χ1n) is 6.99. The first-order valence-corrected chi connectivity index (χ1v) is 7.36. The highest BCUT2D eigenvalue weighted by Crippen LogP contribution is 2.22. The van der Waals surface area contributed by atoms with Crippen molar-refractivity contribution in [1.29, 1.82) is 0 Å². The van der Waals surface area contributed by atoms with E-state index >= 15 is 0 Å². The van der Waals surface area contributed by atoms with Crippen LogP contribution in [0.25, 0.3) is 0 Å². The second kappa shape index (κ2) is 9.13. The first kappa shape index (κ1) is 18.1. The molecular formula is C15H22Cl2N2O2. The zero-order valence-corrected chi connectivity index (χ0v) is 13.7. The maximum Gasteiger partial charge on any atom is 0.220 e. The Morgan fingerprint density at radius 2 is 2.33 bits per heavy atom. The molecule has 1 saturated heterocycles. The molecular weight excluding hydrogens is 311 g/mol. The molecule has 21 heavy (non-hydrogen) atoms. The summed E-state index contributed by atoms with van der Waals surface area (Å²) in [6.45, 7) is 2.56. The maximum absolute atomic E-state index is 11.9. The highest BCUT2D eigenvalue weighted by Gasteiger charge is 2.15. The van der Waals surface area contributed by atoms with Crippen LogP contribution in [0.5, 0.6) is 5.75 Å². The van der Waals surface area contributed by atoms with Crippen LogP contribution in [-0.4, -0.2) is 26.1 Å².